The summed E-state index contributed by atoms with van der Waals surface area (Å²) in [4.78, 5) is 15.9. The van der Waals surface area contributed by atoms with E-state index in [-0.39, 0.29) is 5.69 Å². The van der Waals surface area contributed by atoms with Crippen molar-refractivity contribution < 1.29 is 0 Å². The van der Waals surface area contributed by atoms with Crippen molar-refractivity contribution in [3.05, 3.63) is 62.2 Å². The summed E-state index contributed by atoms with van der Waals surface area (Å²) in [5.41, 5.74) is 2.72. The average molecular weight is 307 g/mol. The Morgan fingerprint density at radius 3 is 2.56 bits per heavy atom. The van der Waals surface area contributed by atoms with Gasteiger partial charge in [0.2, 0.25) is 0 Å². The Kier molecular flexibility index (Phi) is 3.97. The molecule has 1 heterocycles. The molecule has 0 saturated heterocycles. The molecule has 0 fully saturated rings. The molecule has 0 aliphatic heterocycles. The van der Waals surface area contributed by atoms with Gasteiger partial charge in [-0.3, -0.25) is 4.57 Å². The standard InChI is InChI=1S/C14H15BrN2O/c1-10-13(15)11(2)17(14(18)16-10)9-8-12-6-4-3-5-7-12/h3-7H,8-9H2,1-2H3. The minimum Gasteiger partial charge on any atom is -0.295 e. The van der Waals surface area contributed by atoms with Gasteiger partial charge < -0.3 is 0 Å². The first-order valence-electron chi connectivity index (χ1n) is 5.87. The van der Waals surface area contributed by atoms with E-state index in [0.717, 1.165) is 22.3 Å². The van der Waals surface area contributed by atoms with E-state index in [0.29, 0.717) is 6.54 Å². The lowest BCUT2D eigenvalue weighted by Crippen LogP contribution is -2.27. The Bertz CT molecular complexity index is 605. The number of benzene rings is 1. The fraction of sp³-hybridized carbons (Fsp3) is 0.286. The van der Waals surface area contributed by atoms with Crippen LogP contribution in [-0.2, 0) is 13.0 Å². The SMILES string of the molecule is Cc1nc(=O)n(CCc2ccccc2)c(C)c1Br. The smallest absolute Gasteiger partial charge is 0.295 e. The molecule has 0 saturated carbocycles. The number of nitrogens with zero attached hydrogens (tertiary/aromatic N) is 2. The Labute approximate surface area is 115 Å². The summed E-state index contributed by atoms with van der Waals surface area (Å²) in [6.45, 7) is 4.42. The van der Waals surface area contributed by atoms with Gasteiger partial charge in [0, 0.05) is 12.2 Å². The van der Waals surface area contributed by atoms with Crippen LogP contribution >= 0.6 is 15.9 Å². The van der Waals surface area contributed by atoms with Gasteiger partial charge in [-0.25, -0.2) is 4.79 Å². The van der Waals surface area contributed by atoms with Crippen molar-refractivity contribution in [3.63, 3.8) is 0 Å². The molecule has 0 aliphatic rings. The van der Waals surface area contributed by atoms with E-state index >= 15 is 0 Å². The van der Waals surface area contributed by atoms with E-state index in [4.69, 9.17) is 0 Å². The van der Waals surface area contributed by atoms with Gasteiger partial charge in [-0.05, 0) is 41.8 Å². The summed E-state index contributed by atoms with van der Waals surface area (Å²) in [5, 5.41) is 0. The molecule has 94 valence electrons. The van der Waals surface area contributed by atoms with Crippen LogP contribution in [0, 0.1) is 13.8 Å². The second-order valence-corrected chi connectivity index (χ2v) is 5.06. The molecule has 1 aromatic carbocycles. The number of aryl methyl sites for hydroxylation is 2. The van der Waals surface area contributed by atoms with Crippen molar-refractivity contribution in [1.29, 1.82) is 0 Å². The molecule has 0 atom stereocenters. The maximum absolute atomic E-state index is 11.9. The average Bonchev–Trinajstić information content (AvgIpc) is 2.37. The Morgan fingerprint density at radius 1 is 1.22 bits per heavy atom. The molecule has 0 bridgehead atoms. The first-order chi connectivity index (χ1) is 8.59. The summed E-state index contributed by atoms with van der Waals surface area (Å²) >= 11 is 3.47. The third-order valence-corrected chi connectivity index (χ3v) is 4.15. The predicted octanol–water partition coefficient (Wildman–Crippen LogP) is 2.87. The summed E-state index contributed by atoms with van der Waals surface area (Å²) in [7, 11) is 0. The van der Waals surface area contributed by atoms with Crippen molar-refractivity contribution in [3.8, 4) is 0 Å². The Balaban J connectivity index is 2.25. The van der Waals surface area contributed by atoms with Gasteiger partial charge in [0.1, 0.15) is 0 Å². The maximum atomic E-state index is 11.9. The largest absolute Gasteiger partial charge is 0.348 e. The summed E-state index contributed by atoms with van der Waals surface area (Å²) in [6.07, 6.45) is 0.832. The zero-order chi connectivity index (χ0) is 13.1. The van der Waals surface area contributed by atoms with Gasteiger partial charge in [0.05, 0.1) is 10.2 Å². The summed E-state index contributed by atoms with van der Waals surface area (Å²) < 4.78 is 2.62. The highest BCUT2D eigenvalue weighted by Gasteiger charge is 2.08. The zero-order valence-corrected chi connectivity index (χ0v) is 12.1. The lowest BCUT2D eigenvalue weighted by molar-refractivity contribution is 0.622. The lowest BCUT2D eigenvalue weighted by atomic mass is 10.1. The third-order valence-electron chi connectivity index (χ3n) is 3.00. The van der Waals surface area contributed by atoms with Gasteiger partial charge in [-0.2, -0.15) is 4.98 Å². The molecular weight excluding hydrogens is 292 g/mol. The molecule has 0 radical (unpaired) electrons. The van der Waals surface area contributed by atoms with E-state index in [1.54, 1.807) is 4.57 Å². The molecule has 2 aromatic rings. The van der Waals surface area contributed by atoms with Crippen molar-refractivity contribution in [2.45, 2.75) is 26.8 Å². The maximum Gasteiger partial charge on any atom is 0.348 e. The van der Waals surface area contributed by atoms with Gasteiger partial charge in [-0.1, -0.05) is 30.3 Å². The van der Waals surface area contributed by atoms with E-state index in [1.165, 1.54) is 5.56 Å². The van der Waals surface area contributed by atoms with E-state index in [1.807, 2.05) is 32.0 Å². The van der Waals surface area contributed by atoms with Crippen LogP contribution in [0.5, 0.6) is 0 Å². The van der Waals surface area contributed by atoms with Crippen molar-refractivity contribution in [2.75, 3.05) is 0 Å². The number of aromatic nitrogens is 2. The summed E-state index contributed by atoms with van der Waals surface area (Å²) in [5.74, 6) is 0. The molecule has 3 nitrogen and oxygen atoms in total. The monoisotopic (exact) mass is 306 g/mol. The van der Waals surface area contributed by atoms with Crippen LogP contribution in [0.15, 0.2) is 39.6 Å². The Morgan fingerprint density at radius 2 is 1.89 bits per heavy atom. The van der Waals surface area contributed by atoms with Crippen LogP contribution in [0.4, 0.5) is 0 Å². The summed E-state index contributed by atoms with van der Waals surface area (Å²) in [6, 6.07) is 10.1. The van der Waals surface area contributed by atoms with Gasteiger partial charge in [-0.15, -0.1) is 0 Å². The van der Waals surface area contributed by atoms with Gasteiger partial charge in [0.15, 0.2) is 0 Å². The number of rotatable bonds is 3. The zero-order valence-electron chi connectivity index (χ0n) is 10.5. The van der Waals surface area contributed by atoms with E-state index < -0.39 is 0 Å². The second kappa shape index (κ2) is 5.48. The molecule has 0 aliphatic carbocycles. The molecule has 0 spiro atoms. The molecule has 2 rings (SSSR count). The van der Waals surface area contributed by atoms with E-state index in [9.17, 15) is 4.79 Å². The van der Waals surface area contributed by atoms with E-state index in [2.05, 4.69) is 33.0 Å². The highest BCUT2D eigenvalue weighted by atomic mass is 79.9. The minimum absolute atomic E-state index is 0.177. The first kappa shape index (κ1) is 13.0. The highest BCUT2D eigenvalue weighted by molar-refractivity contribution is 9.10. The van der Waals surface area contributed by atoms with Crippen LogP contribution in [0.2, 0.25) is 0 Å². The number of halogens is 1. The van der Waals surface area contributed by atoms with Crippen molar-refractivity contribution >= 4 is 15.9 Å². The second-order valence-electron chi connectivity index (χ2n) is 4.27. The van der Waals surface area contributed by atoms with Crippen LogP contribution in [0.3, 0.4) is 0 Å². The normalized spacial score (nSPS) is 10.6. The molecule has 0 amide bonds. The predicted molar refractivity (Wildman–Crippen MR) is 75.8 cm³/mol. The highest BCUT2D eigenvalue weighted by Crippen LogP contribution is 2.16. The fourth-order valence-electron chi connectivity index (χ4n) is 1.93. The lowest BCUT2D eigenvalue weighted by Gasteiger charge is -2.12. The molecule has 18 heavy (non-hydrogen) atoms. The van der Waals surface area contributed by atoms with Gasteiger partial charge >= 0.3 is 5.69 Å². The van der Waals surface area contributed by atoms with Crippen LogP contribution in [-0.4, -0.2) is 9.55 Å². The van der Waals surface area contributed by atoms with Crippen LogP contribution in [0.25, 0.3) is 0 Å². The van der Waals surface area contributed by atoms with Crippen LogP contribution < -0.4 is 5.69 Å². The topological polar surface area (TPSA) is 34.9 Å². The molecule has 4 heteroatoms. The van der Waals surface area contributed by atoms with Crippen molar-refractivity contribution in [2.24, 2.45) is 0 Å². The van der Waals surface area contributed by atoms with Crippen molar-refractivity contribution in [1.82, 2.24) is 9.55 Å². The Hall–Kier alpha value is -1.42. The number of hydrogen-bond acceptors (Lipinski definition) is 2. The quantitative estimate of drug-likeness (QED) is 0.874. The third kappa shape index (κ3) is 2.70. The molecule has 0 unspecified atom stereocenters. The molecule has 0 N–H and O–H groups in total. The minimum atomic E-state index is -0.177. The van der Waals surface area contributed by atoms with Gasteiger partial charge in [0.25, 0.3) is 0 Å². The number of hydrogen-bond donors (Lipinski definition) is 0. The fourth-order valence-corrected chi connectivity index (χ4v) is 2.23. The molecular formula is C14H15BrN2O. The van der Waals surface area contributed by atoms with Crippen LogP contribution in [0.1, 0.15) is 17.0 Å². The first-order valence-corrected chi connectivity index (χ1v) is 6.66. The molecule has 1 aromatic heterocycles.